The SMILES string of the molecule is COC1CC(NC2C(NC(=O)OC(C)(C)C)C3CCOC32)C1. The number of hydrogen-bond acceptors (Lipinski definition) is 5. The summed E-state index contributed by atoms with van der Waals surface area (Å²) < 4.78 is 16.5. The zero-order valence-corrected chi connectivity index (χ0v) is 13.9. The Hall–Kier alpha value is -0.850. The molecule has 0 aromatic heterocycles. The smallest absolute Gasteiger partial charge is 0.407 e. The maximum Gasteiger partial charge on any atom is 0.407 e. The van der Waals surface area contributed by atoms with Crippen molar-refractivity contribution in [1.82, 2.24) is 10.6 Å². The average molecular weight is 312 g/mol. The number of hydrogen-bond donors (Lipinski definition) is 2. The molecule has 2 N–H and O–H groups in total. The summed E-state index contributed by atoms with van der Waals surface area (Å²) in [6.07, 6.45) is 3.33. The molecule has 4 unspecified atom stereocenters. The van der Waals surface area contributed by atoms with E-state index in [4.69, 9.17) is 14.2 Å². The third-order valence-corrected chi connectivity index (χ3v) is 4.93. The Morgan fingerprint density at radius 1 is 1.23 bits per heavy atom. The van der Waals surface area contributed by atoms with Crippen molar-refractivity contribution in [1.29, 1.82) is 0 Å². The van der Waals surface area contributed by atoms with Gasteiger partial charge < -0.3 is 24.8 Å². The summed E-state index contributed by atoms with van der Waals surface area (Å²) in [5.41, 5.74) is -0.470. The molecule has 3 rings (SSSR count). The van der Waals surface area contributed by atoms with Crippen LogP contribution in [0.2, 0.25) is 0 Å². The van der Waals surface area contributed by atoms with Crippen LogP contribution in [0, 0.1) is 5.92 Å². The Bertz CT molecular complexity index is 417. The molecule has 3 fully saturated rings. The number of carbonyl (C=O) groups excluding carboxylic acids is 1. The molecule has 1 heterocycles. The molecule has 1 aliphatic heterocycles. The molecule has 3 aliphatic rings. The van der Waals surface area contributed by atoms with Gasteiger partial charge in [-0.15, -0.1) is 0 Å². The van der Waals surface area contributed by atoms with Crippen LogP contribution in [-0.2, 0) is 14.2 Å². The Balaban J connectivity index is 1.53. The number of rotatable bonds is 4. The normalized spacial score (nSPS) is 40.4. The number of amides is 1. The quantitative estimate of drug-likeness (QED) is 0.822. The van der Waals surface area contributed by atoms with E-state index < -0.39 is 5.60 Å². The lowest BCUT2D eigenvalue weighted by atomic mass is 9.70. The standard InChI is InChI=1S/C16H28N2O4/c1-16(2,3)22-15(19)18-12-11-5-6-21-14(11)13(12)17-9-7-10(8-9)20-4/h9-14,17H,5-8H2,1-4H3,(H,18,19). The second-order valence-corrected chi connectivity index (χ2v) is 7.68. The van der Waals surface area contributed by atoms with Crippen LogP contribution in [0.3, 0.4) is 0 Å². The number of carbonyl (C=O) groups is 1. The summed E-state index contributed by atoms with van der Waals surface area (Å²) in [5, 5.41) is 6.67. The van der Waals surface area contributed by atoms with Crippen LogP contribution in [0.5, 0.6) is 0 Å². The van der Waals surface area contributed by atoms with Crippen LogP contribution in [0.25, 0.3) is 0 Å². The molecule has 0 radical (unpaired) electrons. The summed E-state index contributed by atoms with van der Waals surface area (Å²) in [6, 6.07) is 0.745. The van der Waals surface area contributed by atoms with Crippen molar-refractivity contribution in [3.63, 3.8) is 0 Å². The lowest BCUT2D eigenvalue weighted by Crippen LogP contribution is -2.72. The molecule has 1 amide bonds. The number of nitrogens with one attached hydrogen (secondary N) is 2. The van der Waals surface area contributed by atoms with E-state index >= 15 is 0 Å². The highest BCUT2D eigenvalue weighted by molar-refractivity contribution is 5.68. The first-order valence-electron chi connectivity index (χ1n) is 8.27. The summed E-state index contributed by atoms with van der Waals surface area (Å²) in [7, 11) is 1.76. The molecule has 6 nitrogen and oxygen atoms in total. The molecule has 126 valence electrons. The molecule has 6 heteroatoms. The lowest BCUT2D eigenvalue weighted by molar-refractivity contribution is -0.0548. The third-order valence-electron chi connectivity index (χ3n) is 4.93. The van der Waals surface area contributed by atoms with Crippen LogP contribution < -0.4 is 10.6 Å². The van der Waals surface area contributed by atoms with Crippen LogP contribution in [-0.4, -0.2) is 55.7 Å². The molecule has 1 saturated heterocycles. The van der Waals surface area contributed by atoms with Crippen molar-refractivity contribution in [2.45, 2.75) is 76.0 Å². The second kappa shape index (κ2) is 5.98. The predicted molar refractivity (Wildman–Crippen MR) is 81.7 cm³/mol. The highest BCUT2D eigenvalue weighted by atomic mass is 16.6. The van der Waals surface area contributed by atoms with Crippen molar-refractivity contribution < 1.29 is 19.0 Å². The summed E-state index contributed by atoms with van der Waals surface area (Å²) >= 11 is 0. The summed E-state index contributed by atoms with van der Waals surface area (Å²) in [6.45, 7) is 6.42. The fraction of sp³-hybridized carbons (Fsp3) is 0.938. The van der Waals surface area contributed by atoms with Gasteiger partial charge in [0.1, 0.15) is 5.60 Å². The summed E-state index contributed by atoms with van der Waals surface area (Å²) in [4.78, 5) is 12.0. The topological polar surface area (TPSA) is 68.8 Å². The van der Waals surface area contributed by atoms with Crippen molar-refractivity contribution in [2.24, 2.45) is 5.92 Å². The molecule has 0 aromatic carbocycles. The first-order valence-corrected chi connectivity index (χ1v) is 8.27. The van der Waals surface area contributed by atoms with E-state index in [2.05, 4.69) is 10.6 Å². The molecule has 0 aromatic rings. The van der Waals surface area contributed by atoms with Gasteiger partial charge in [-0.05, 0) is 40.0 Å². The van der Waals surface area contributed by atoms with E-state index in [1.807, 2.05) is 20.8 Å². The highest BCUT2D eigenvalue weighted by Crippen LogP contribution is 2.40. The van der Waals surface area contributed by atoms with E-state index in [0.29, 0.717) is 18.1 Å². The number of alkyl carbamates (subject to hydrolysis) is 1. The summed E-state index contributed by atoms with van der Waals surface area (Å²) in [5.74, 6) is 0.406. The monoisotopic (exact) mass is 312 g/mol. The fourth-order valence-corrected chi connectivity index (χ4v) is 3.71. The van der Waals surface area contributed by atoms with Gasteiger partial charge in [0.15, 0.2) is 0 Å². The van der Waals surface area contributed by atoms with Crippen molar-refractivity contribution in [2.75, 3.05) is 13.7 Å². The maximum absolute atomic E-state index is 12.0. The lowest BCUT2D eigenvalue weighted by Gasteiger charge is -2.51. The van der Waals surface area contributed by atoms with Gasteiger partial charge >= 0.3 is 6.09 Å². The molecule has 2 saturated carbocycles. The van der Waals surface area contributed by atoms with E-state index in [0.717, 1.165) is 25.9 Å². The first-order chi connectivity index (χ1) is 10.4. The highest BCUT2D eigenvalue weighted by Gasteiger charge is 2.55. The Labute approximate surface area is 132 Å². The van der Waals surface area contributed by atoms with Gasteiger partial charge in [0, 0.05) is 25.7 Å². The largest absolute Gasteiger partial charge is 0.444 e. The van der Waals surface area contributed by atoms with Gasteiger partial charge in [-0.3, -0.25) is 0 Å². The zero-order valence-electron chi connectivity index (χ0n) is 13.9. The van der Waals surface area contributed by atoms with E-state index in [-0.39, 0.29) is 24.3 Å². The van der Waals surface area contributed by atoms with E-state index in [9.17, 15) is 4.79 Å². The third kappa shape index (κ3) is 3.24. The molecule has 22 heavy (non-hydrogen) atoms. The Morgan fingerprint density at radius 3 is 2.59 bits per heavy atom. The van der Waals surface area contributed by atoms with Gasteiger partial charge in [-0.2, -0.15) is 0 Å². The minimum absolute atomic E-state index is 0.101. The fourth-order valence-electron chi connectivity index (χ4n) is 3.71. The van der Waals surface area contributed by atoms with Crippen LogP contribution in [0.15, 0.2) is 0 Å². The molecule has 0 spiro atoms. The van der Waals surface area contributed by atoms with Crippen LogP contribution >= 0.6 is 0 Å². The molecular formula is C16H28N2O4. The van der Waals surface area contributed by atoms with Gasteiger partial charge in [0.05, 0.1) is 24.3 Å². The predicted octanol–water partition coefficient (Wildman–Crippen LogP) is 1.43. The Kier molecular flexibility index (Phi) is 4.36. The molecule has 4 atom stereocenters. The van der Waals surface area contributed by atoms with Gasteiger partial charge in [-0.1, -0.05) is 0 Å². The minimum Gasteiger partial charge on any atom is -0.444 e. The van der Waals surface area contributed by atoms with Gasteiger partial charge in [0.25, 0.3) is 0 Å². The van der Waals surface area contributed by atoms with Crippen molar-refractivity contribution >= 4 is 6.09 Å². The first kappa shape index (κ1) is 16.0. The number of ether oxygens (including phenoxy) is 3. The molecule has 0 bridgehead atoms. The number of methoxy groups -OCH3 is 1. The zero-order chi connectivity index (χ0) is 15.9. The van der Waals surface area contributed by atoms with Gasteiger partial charge in [0.2, 0.25) is 0 Å². The van der Waals surface area contributed by atoms with Gasteiger partial charge in [-0.25, -0.2) is 4.79 Å². The Morgan fingerprint density at radius 2 is 1.95 bits per heavy atom. The maximum atomic E-state index is 12.0. The van der Waals surface area contributed by atoms with Crippen molar-refractivity contribution in [3.05, 3.63) is 0 Å². The molecule has 2 aliphatic carbocycles. The van der Waals surface area contributed by atoms with E-state index in [1.165, 1.54) is 0 Å². The average Bonchev–Trinajstić information content (AvgIpc) is 2.77. The van der Waals surface area contributed by atoms with E-state index in [1.54, 1.807) is 7.11 Å². The number of fused-ring (bicyclic) bond motifs is 1. The van der Waals surface area contributed by atoms with Crippen molar-refractivity contribution in [3.8, 4) is 0 Å². The second-order valence-electron chi connectivity index (χ2n) is 7.68. The van der Waals surface area contributed by atoms with Crippen LogP contribution in [0.1, 0.15) is 40.0 Å². The van der Waals surface area contributed by atoms with Crippen LogP contribution in [0.4, 0.5) is 4.79 Å². The minimum atomic E-state index is -0.470. The molecular weight excluding hydrogens is 284 g/mol.